The standard InChI is InChI=1S/C20H15N3.C2H6/c1-2-8-17(9-3-1)23(20-11-4-5-13-22-20)19-10-6-7-16-15-21-14-12-18(16)19;1-2/h1-15H;1-2H3. The zero-order chi connectivity index (χ0) is 17.5. The van der Waals surface area contributed by atoms with Crippen LogP contribution in [0.4, 0.5) is 17.2 Å². The fourth-order valence-corrected chi connectivity index (χ4v) is 2.76. The minimum absolute atomic E-state index is 0.892. The van der Waals surface area contributed by atoms with Crippen LogP contribution in [0.2, 0.25) is 0 Å². The Morgan fingerprint density at radius 2 is 1.52 bits per heavy atom. The first-order valence-electron chi connectivity index (χ1n) is 8.52. The van der Waals surface area contributed by atoms with Gasteiger partial charge in [0, 0.05) is 35.1 Å². The largest absolute Gasteiger partial charge is 0.294 e. The summed E-state index contributed by atoms with van der Waals surface area (Å²) in [5.41, 5.74) is 2.17. The fraction of sp³-hybridized carbons (Fsp3) is 0.0909. The van der Waals surface area contributed by atoms with E-state index in [0.717, 1.165) is 28.0 Å². The molecule has 124 valence electrons. The van der Waals surface area contributed by atoms with Crippen molar-refractivity contribution in [3.05, 3.63) is 91.4 Å². The molecule has 0 unspecified atom stereocenters. The van der Waals surface area contributed by atoms with Gasteiger partial charge in [-0.15, -0.1) is 0 Å². The molecule has 0 aliphatic heterocycles. The maximum absolute atomic E-state index is 4.55. The van der Waals surface area contributed by atoms with Gasteiger partial charge in [0.1, 0.15) is 5.82 Å². The molecule has 0 saturated carbocycles. The molecule has 2 heterocycles. The van der Waals surface area contributed by atoms with Gasteiger partial charge >= 0.3 is 0 Å². The van der Waals surface area contributed by atoms with Crippen LogP contribution < -0.4 is 4.90 Å². The summed E-state index contributed by atoms with van der Waals surface area (Å²) in [6.07, 6.45) is 5.53. The summed E-state index contributed by atoms with van der Waals surface area (Å²) in [5.74, 6) is 0.892. The molecule has 25 heavy (non-hydrogen) atoms. The maximum atomic E-state index is 4.55. The molecule has 4 rings (SSSR count). The molecule has 3 nitrogen and oxygen atoms in total. The van der Waals surface area contributed by atoms with Crippen molar-refractivity contribution in [1.82, 2.24) is 9.97 Å². The highest BCUT2D eigenvalue weighted by Gasteiger charge is 2.15. The van der Waals surface area contributed by atoms with Gasteiger partial charge in [-0.25, -0.2) is 4.98 Å². The highest BCUT2D eigenvalue weighted by atomic mass is 15.2. The van der Waals surface area contributed by atoms with Gasteiger partial charge in [-0.1, -0.05) is 50.2 Å². The van der Waals surface area contributed by atoms with Gasteiger partial charge in [-0.2, -0.15) is 0 Å². The van der Waals surface area contributed by atoms with E-state index in [9.17, 15) is 0 Å². The third-order valence-electron chi connectivity index (χ3n) is 3.79. The third-order valence-corrected chi connectivity index (χ3v) is 3.79. The molecule has 0 N–H and O–H groups in total. The molecule has 0 saturated heterocycles. The molecule has 0 spiro atoms. The lowest BCUT2D eigenvalue weighted by atomic mass is 10.1. The second-order valence-electron chi connectivity index (χ2n) is 5.23. The second-order valence-corrected chi connectivity index (χ2v) is 5.23. The van der Waals surface area contributed by atoms with E-state index in [2.05, 4.69) is 45.2 Å². The number of benzene rings is 2. The summed E-state index contributed by atoms with van der Waals surface area (Å²) >= 11 is 0. The second kappa shape index (κ2) is 8.06. The smallest absolute Gasteiger partial charge is 0.137 e. The monoisotopic (exact) mass is 327 g/mol. The van der Waals surface area contributed by atoms with Gasteiger partial charge in [0.15, 0.2) is 0 Å². The number of rotatable bonds is 3. The van der Waals surface area contributed by atoms with E-state index in [-0.39, 0.29) is 0 Å². The molecule has 0 radical (unpaired) electrons. The normalized spacial score (nSPS) is 10.0. The molecule has 0 aliphatic rings. The predicted octanol–water partition coefficient (Wildman–Crippen LogP) is 6.13. The average molecular weight is 327 g/mol. The van der Waals surface area contributed by atoms with Crippen LogP contribution in [0.3, 0.4) is 0 Å². The minimum Gasteiger partial charge on any atom is -0.294 e. The molecule has 3 heteroatoms. The molecule has 0 amide bonds. The molecule has 0 fully saturated rings. The van der Waals surface area contributed by atoms with Crippen LogP contribution in [0.1, 0.15) is 13.8 Å². The van der Waals surface area contributed by atoms with Gasteiger partial charge in [-0.05, 0) is 36.4 Å². The Kier molecular flexibility index (Phi) is 5.37. The molecule has 0 bridgehead atoms. The summed E-state index contributed by atoms with van der Waals surface area (Å²) in [6, 6.07) is 24.5. The zero-order valence-electron chi connectivity index (χ0n) is 14.5. The van der Waals surface area contributed by atoms with Crippen LogP contribution in [0.15, 0.2) is 91.4 Å². The van der Waals surface area contributed by atoms with Crippen molar-refractivity contribution in [1.29, 1.82) is 0 Å². The summed E-state index contributed by atoms with van der Waals surface area (Å²) in [6.45, 7) is 4.00. The number of aromatic nitrogens is 2. The van der Waals surface area contributed by atoms with E-state index in [1.54, 1.807) is 0 Å². The molecule has 0 atom stereocenters. The first-order valence-corrected chi connectivity index (χ1v) is 8.52. The highest BCUT2D eigenvalue weighted by Crippen LogP contribution is 2.37. The number of anilines is 3. The number of pyridine rings is 2. The third kappa shape index (κ3) is 3.50. The molecule has 2 aromatic heterocycles. The Hall–Kier alpha value is -3.20. The zero-order valence-corrected chi connectivity index (χ0v) is 14.5. The number of fused-ring (bicyclic) bond motifs is 1. The van der Waals surface area contributed by atoms with Gasteiger partial charge in [0.2, 0.25) is 0 Å². The van der Waals surface area contributed by atoms with Gasteiger partial charge < -0.3 is 0 Å². The first kappa shape index (κ1) is 16.7. The first-order chi connectivity index (χ1) is 12.4. The summed E-state index contributed by atoms with van der Waals surface area (Å²) < 4.78 is 0. The van der Waals surface area contributed by atoms with Crippen molar-refractivity contribution in [2.24, 2.45) is 0 Å². The van der Waals surface area contributed by atoms with Gasteiger partial charge in [0.25, 0.3) is 0 Å². The molecule has 2 aromatic carbocycles. The van der Waals surface area contributed by atoms with E-state index in [1.807, 2.05) is 74.9 Å². The number of para-hydroxylation sites is 1. The van der Waals surface area contributed by atoms with Crippen molar-refractivity contribution in [3.63, 3.8) is 0 Å². The van der Waals surface area contributed by atoms with E-state index in [1.165, 1.54) is 0 Å². The SMILES string of the molecule is CC.c1ccc(N(c2ccccn2)c2cccc3cnccc23)cc1. The fourth-order valence-electron chi connectivity index (χ4n) is 2.76. The van der Waals surface area contributed by atoms with Crippen LogP contribution in [0, 0.1) is 0 Å². The topological polar surface area (TPSA) is 29.0 Å². The van der Waals surface area contributed by atoms with E-state index in [4.69, 9.17) is 0 Å². The van der Waals surface area contributed by atoms with E-state index >= 15 is 0 Å². The van der Waals surface area contributed by atoms with Crippen molar-refractivity contribution >= 4 is 28.0 Å². The Labute approximate surface area is 148 Å². The van der Waals surface area contributed by atoms with Crippen molar-refractivity contribution < 1.29 is 0 Å². The Bertz CT molecular complexity index is 876. The molecular weight excluding hydrogens is 306 g/mol. The van der Waals surface area contributed by atoms with Gasteiger partial charge in [0.05, 0.1) is 5.69 Å². The van der Waals surface area contributed by atoms with Gasteiger partial charge in [-0.3, -0.25) is 9.88 Å². The lowest BCUT2D eigenvalue weighted by Gasteiger charge is -2.25. The Balaban J connectivity index is 0.000000880. The predicted molar refractivity (Wildman–Crippen MR) is 106 cm³/mol. The van der Waals surface area contributed by atoms with Crippen LogP contribution in [-0.4, -0.2) is 9.97 Å². The average Bonchev–Trinajstić information content (AvgIpc) is 2.72. The number of hydrogen-bond acceptors (Lipinski definition) is 3. The van der Waals surface area contributed by atoms with Crippen molar-refractivity contribution in [2.75, 3.05) is 4.90 Å². The lowest BCUT2D eigenvalue weighted by Crippen LogP contribution is -2.11. The van der Waals surface area contributed by atoms with E-state index < -0.39 is 0 Å². The van der Waals surface area contributed by atoms with Crippen LogP contribution in [0.25, 0.3) is 10.8 Å². The van der Waals surface area contributed by atoms with Crippen LogP contribution in [0.5, 0.6) is 0 Å². The summed E-state index contributed by atoms with van der Waals surface area (Å²) in [7, 11) is 0. The highest BCUT2D eigenvalue weighted by molar-refractivity contribution is 5.97. The summed E-state index contributed by atoms with van der Waals surface area (Å²) in [5, 5.41) is 2.26. The van der Waals surface area contributed by atoms with Crippen LogP contribution in [-0.2, 0) is 0 Å². The molecular formula is C22H21N3. The summed E-state index contributed by atoms with van der Waals surface area (Å²) in [4.78, 5) is 10.9. The number of hydrogen-bond donors (Lipinski definition) is 0. The van der Waals surface area contributed by atoms with Crippen molar-refractivity contribution in [3.8, 4) is 0 Å². The molecule has 4 aromatic rings. The lowest BCUT2D eigenvalue weighted by molar-refractivity contribution is 1.19. The molecule has 0 aliphatic carbocycles. The Morgan fingerprint density at radius 1 is 0.720 bits per heavy atom. The van der Waals surface area contributed by atoms with Crippen molar-refractivity contribution in [2.45, 2.75) is 13.8 Å². The quantitative estimate of drug-likeness (QED) is 0.453. The van der Waals surface area contributed by atoms with Crippen LogP contribution >= 0.6 is 0 Å². The number of nitrogens with zero attached hydrogens (tertiary/aromatic N) is 3. The maximum Gasteiger partial charge on any atom is 0.137 e. The minimum atomic E-state index is 0.892. The Morgan fingerprint density at radius 3 is 2.28 bits per heavy atom. The van der Waals surface area contributed by atoms with E-state index in [0.29, 0.717) is 0 Å².